The Morgan fingerprint density at radius 2 is 0.759 bits per heavy atom. The molecule has 2 heteroatoms. The summed E-state index contributed by atoms with van der Waals surface area (Å²) in [6, 6.07) is 73.5. The van der Waals surface area contributed by atoms with Crippen molar-refractivity contribution in [2.45, 2.75) is 0 Å². The molecule has 0 N–H and O–H groups in total. The topological polar surface area (TPSA) is 3.24 Å². The van der Waals surface area contributed by atoms with Gasteiger partial charge in [0.1, 0.15) is 0 Å². The van der Waals surface area contributed by atoms with Gasteiger partial charge in [-0.15, -0.1) is 11.3 Å². The third kappa shape index (κ3) is 5.07. The molecule has 0 saturated heterocycles. The number of hydrogen-bond acceptors (Lipinski definition) is 2. The summed E-state index contributed by atoms with van der Waals surface area (Å²) >= 11 is 1.86. The van der Waals surface area contributed by atoms with Crippen molar-refractivity contribution < 1.29 is 0 Å². The van der Waals surface area contributed by atoms with Crippen molar-refractivity contribution in [2.24, 2.45) is 0 Å². The molecule has 1 heterocycles. The second-order valence-corrected chi connectivity index (χ2v) is 15.2. The van der Waals surface area contributed by atoms with Crippen LogP contribution in [0.4, 0.5) is 17.1 Å². The summed E-state index contributed by atoms with van der Waals surface area (Å²) in [5.41, 5.74) is 8.23. The fourth-order valence-electron chi connectivity index (χ4n) is 8.37. The molecule has 1 aromatic heterocycles. The second kappa shape index (κ2) is 12.4. The van der Waals surface area contributed by atoms with Gasteiger partial charge in [-0.05, 0) is 114 Å². The summed E-state index contributed by atoms with van der Waals surface area (Å²) in [4.78, 5) is 2.38. The highest BCUT2D eigenvalue weighted by atomic mass is 32.1. The molecule has 0 aliphatic carbocycles. The van der Waals surface area contributed by atoms with Crippen LogP contribution in [-0.4, -0.2) is 0 Å². The van der Waals surface area contributed by atoms with Gasteiger partial charge in [-0.3, -0.25) is 0 Å². The third-order valence-electron chi connectivity index (χ3n) is 11.0. The monoisotopic (exact) mass is 703 g/mol. The van der Waals surface area contributed by atoms with Gasteiger partial charge in [-0.2, -0.15) is 0 Å². The molecule has 0 aliphatic rings. The number of rotatable bonds is 5. The first-order valence-electron chi connectivity index (χ1n) is 18.5. The predicted octanol–water partition coefficient (Wildman–Crippen LogP) is 15.5. The lowest BCUT2D eigenvalue weighted by atomic mass is 9.92. The Hall–Kier alpha value is -6.74. The summed E-state index contributed by atoms with van der Waals surface area (Å²) in [6.07, 6.45) is 0. The van der Waals surface area contributed by atoms with Crippen LogP contribution in [0.2, 0.25) is 0 Å². The fourth-order valence-corrected chi connectivity index (χ4v) is 9.51. The van der Waals surface area contributed by atoms with Crippen molar-refractivity contribution in [3.8, 4) is 22.3 Å². The van der Waals surface area contributed by atoms with Gasteiger partial charge in [0.05, 0.1) is 0 Å². The van der Waals surface area contributed by atoms with E-state index in [1.807, 2.05) is 11.3 Å². The maximum absolute atomic E-state index is 2.38. The van der Waals surface area contributed by atoms with Crippen LogP contribution in [0, 0.1) is 0 Å². The Balaban J connectivity index is 1.01. The summed E-state index contributed by atoms with van der Waals surface area (Å²) in [7, 11) is 0. The zero-order chi connectivity index (χ0) is 35.6. The molecule has 10 aromatic carbocycles. The zero-order valence-electron chi connectivity index (χ0n) is 29.4. The fraction of sp³-hybridized carbons (Fsp3) is 0. The van der Waals surface area contributed by atoms with Gasteiger partial charge < -0.3 is 4.90 Å². The van der Waals surface area contributed by atoms with Crippen LogP contribution in [0.1, 0.15) is 0 Å². The molecular formula is C52H33NS. The third-order valence-corrected chi connectivity index (χ3v) is 12.2. The highest BCUT2D eigenvalue weighted by Crippen LogP contribution is 2.42. The highest BCUT2D eigenvalue weighted by Gasteiger charge is 2.16. The molecular weight excluding hydrogens is 671 g/mol. The number of fused-ring (bicyclic) bond motifs is 10. The van der Waals surface area contributed by atoms with Crippen LogP contribution < -0.4 is 4.90 Å². The van der Waals surface area contributed by atoms with E-state index in [0.29, 0.717) is 0 Å². The van der Waals surface area contributed by atoms with Crippen LogP contribution in [0.25, 0.3) is 85.5 Å². The molecule has 0 bridgehead atoms. The minimum absolute atomic E-state index is 1.12. The number of thiophene rings is 1. The number of hydrogen-bond donors (Lipinski definition) is 0. The SMILES string of the molecule is c1ccc(-c2ccc(N(c3ccc(-c4ccc5c(ccc6ccc7ccc8ccccc8c7c65)c4)cc3)c3ccc4c(c3)sc3ccccc34)cc2)cc1. The predicted molar refractivity (Wildman–Crippen MR) is 235 cm³/mol. The van der Waals surface area contributed by atoms with E-state index in [9.17, 15) is 0 Å². The lowest BCUT2D eigenvalue weighted by molar-refractivity contribution is 1.29. The minimum atomic E-state index is 1.12. The molecule has 0 unspecified atom stereocenters. The average molecular weight is 704 g/mol. The van der Waals surface area contributed by atoms with E-state index in [1.165, 1.54) is 85.5 Å². The van der Waals surface area contributed by atoms with E-state index in [1.54, 1.807) is 0 Å². The molecule has 0 amide bonds. The standard InChI is InChI=1S/C52H33NS/c1-2-8-34(9-3-1)35-20-25-42(26-21-35)53(44-29-31-48-47-12-6-7-13-49(47)54-50(48)33-44)43-27-22-36(23-28-43)40-24-30-46-41(32-40)19-18-39-17-16-38-15-14-37-10-4-5-11-45(37)51(38)52(39)46/h1-33H. The van der Waals surface area contributed by atoms with Crippen molar-refractivity contribution in [1.29, 1.82) is 0 Å². The van der Waals surface area contributed by atoms with Gasteiger partial charge in [-0.1, -0.05) is 152 Å². The molecule has 0 atom stereocenters. The highest BCUT2D eigenvalue weighted by molar-refractivity contribution is 7.25. The van der Waals surface area contributed by atoms with Gasteiger partial charge in [0.15, 0.2) is 0 Å². The molecule has 54 heavy (non-hydrogen) atoms. The molecule has 0 saturated carbocycles. The Morgan fingerprint density at radius 3 is 1.48 bits per heavy atom. The van der Waals surface area contributed by atoms with E-state index in [-0.39, 0.29) is 0 Å². The van der Waals surface area contributed by atoms with Gasteiger partial charge in [0.2, 0.25) is 0 Å². The van der Waals surface area contributed by atoms with Crippen molar-refractivity contribution in [3.05, 3.63) is 200 Å². The summed E-state index contributed by atoms with van der Waals surface area (Å²) in [5.74, 6) is 0. The van der Waals surface area contributed by atoms with E-state index in [0.717, 1.165) is 17.1 Å². The van der Waals surface area contributed by atoms with E-state index in [4.69, 9.17) is 0 Å². The van der Waals surface area contributed by atoms with Crippen LogP contribution in [-0.2, 0) is 0 Å². The van der Waals surface area contributed by atoms with E-state index in [2.05, 4.69) is 205 Å². The van der Waals surface area contributed by atoms with Crippen LogP contribution in [0.5, 0.6) is 0 Å². The molecule has 0 radical (unpaired) electrons. The normalized spacial score (nSPS) is 11.7. The van der Waals surface area contributed by atoms with Gasteiger partial charge >= 0.3 is 0 Å². The Kier molecular flexibility index (Phi) is 7.11. The first kappa shape index (κ1) is 30.8. The smallest absolute Gasteiger partial charge is 0.0476 e. The van der Waals surface area contributed by atoms with Gasteiger partial charge in [-0.25, -0.2) is 0 Å². The van der Waals surface area contributed by atoms with Crippen molar-refractivity contribution in [1.82, 2.24) is 0 Å². The Bertz CT molecular complexity index is 3190. The van der Waals surface area contributed by atoms with Crippen LogP contribution in [0.3, 0.4) is 0 Å². The van der Waals surface area contributed by atoms with Gasteiger partial charge in [0.25, 0.3) is 0 Å². The van der Waals surface area contributed by atoms with Crippen molar-refractivity contribution in [2.75, 3.05) is 4.90 Å². The summed E-state index contributed by atoms with van der Waals surface area (Å²) in [6.45, 7) is 0. The lowest BCUT2D eigenvalue weighted by Gasteiger charge is -2.26. The Morgan fingerprint density at radius 1 is 0.278 bits per heavy atom. The maximum atomic E-state index is 2.38. The summed E-state index contributed by atoms with van der Waals surface area (Å²) in [5, 5.41) is 12.9. The minimum Gasteiger partial charge on any atom is -0.310 e. The lowest BCUT2D eigenvalue weighted by Crippen LogP contribution is -2.09. The molecule has 0 spiro atoms. The van der Waals surface area contributed by atoms with Gasteiger partial charge in [0, 0.05) is 37.2 Å². The first-order valence-corrected chi connectivity index (χ1v) is 19.3. The number of benzene rings is 10. The zero-order valence-corrected chi connectivity index (χ0v) is 30.2. The van der Waals surface area contributed by atoms with Crippen LogP contribution in [0.15, 0.2) is 200 Å². The first-order chi connectivity index (χ1) is 26.7. The van der Waals surface area contributed by atoms with E-state index >= 15 is 0 Å². The van der Waals surface area contributed by atoms with Crippen molar-refractivity contribution >= 4 is 91.7 Å². The van der Waals surface area contributed by atoms with Crippen molar-refractivity contribution in [3.63, 3.8) is 0 Å². The average Bonchev–Trinajstić information content (AvgIpc) is 3.62. The maximum Gasteiger partial charge on any atom is 0.0476 e. The van der Waals surface area contributed by atoms with Crippen LogP contribution >= 0.6 is 11.3 Å². The molecule has 11 aromatic rings. The molecule has 0 aliphatic heterocycles. The molecule has 0 fully saturated rings. The number of nitrogens with zero attached hydrogens (tertiary/aromatic N) is 1. The summed E-state index contributed by atoms with van der Waals surface area (Å²) < 4.78 is 2.61. The number of anilines is 3. The molecule has 252 valence electrons. The molecule has 11 rings (SSSR count). The second-order valence-electron chi connectivity index (χ2n) is 14.1. The quantitative estimate of drug-likeness (QED) is 0.161. The largest absolute Gasteiger partial charge is 0.310 e. The Labute approximate surface area is 317 Å². The molecule has 1 nitrogen and oxygen atoms in total. The van der Waals surface area contributed by atoms with E-state index < -0.39 is 0 Å².